The maximum Gasteiger partial charge on any atom is 0.253 e. The molecule has 1 heterocycles. The number of fused-ring (bicyclic) bond motifs is 1. The molecule has 1 atom stereocenters. The van der Waals surface area contributed by atoms with E-state index in [0.717, 1.165) is 10.8 Å². The second kappa shape index (κ2) is 5.32. The van der Waals surface area contributed by atoms with Crippen LogP contribution in [0.1, 0.15) is 29.1 Å². The predicted octanol–water partition coefficient (Wildman–Crippen LogP) is 3.51. The van der Waals surface area contributed by atoms with E-state index in [4.69, 9.17) is 10.2 Å². The first-order valence-corrected chi connectivity index (χ1v) is 6.77. The van der Waals surface area contributed by atoms with Crippen molar-refractivity contribution in [2.75, 3.05) is 5.73 Å². The lowest BCUT2D eigenvalue weighted by molar-refractivity contribution is 0.0936. The molecular weight excluding hydrogens is 264 g/mol. The third-order valence-electron chi connectivity index (χ3n) is 3.48. The number of carbonyl (C=O) groups excluding carboxylic acids is 1. The lowest BCUT2D eigenvalue weighted by Crippen LogP contribution is -2.27. The highest BCUT2D eigenvalue weighted by atomic mass is 16.3. The monoisotopic (exact) mass is 280 g/mol. The van der Waals surface area contributed by atoms with Gasteiger partial charge in [-0.3, -0.25) is 4.79 Å². The van der Waals surface area contributed by atoms with E-state index < -0.39 is 0 Å². The molecule has 1 amide bonds. The van der Waals surface area contributed by atoms with Crippen molar-refractivity contribution in [3.8, 4) is 0 Å². The minimum atomic E-state index is -0.210. The Kier molecular flexibility index (Phi) is 3.36. The second-order valence-corrected chi connectivity index (χ2v) is 5.00. The fourth-order valence-electron chi connectivity index (χ4n) is 2.34. The van der Waals surface area contributed by atoms with Gasteiger partial charge in [-0.25, -0.2) is 0 Å². The highest BCUT2D eigenvalue weighted by Crippen LogP contribution is 2.23. The zero-order valence-corrected chi connectivity index (χ0v) is 11.7. The fraction of sp³-hybridized carbons (Fsp3) is 0.118. The third-order valence-corrected chi connectivity index (χ3v) is 3.48. The van der Waals surface area contributed by atoms with Gasteiger partial charge in [-0.05, 0) is 42.0 Å². The van der Waals surface area contributed by atoms with E-state index in [1.807, 2.05) is 49.4 Å². The van der Waals surface area contributed by atoms with Crippen molar-refractivity contribution in [1.82, 2.24) is 5.32 Å². The van der Waals surface area contributed by atoms with E-state index in [-0.39, 0.29) is 11.9 Å². The van der Waals surface area contributed by atoms with Crippen molar-refractivity contribution in [3.05, 3.63) is 66.1 Å². The minimum Gasteiger partial charge on any atom is -0.467 e. The molecule has 106 valence electrons. The number of nitrogen functional groups attached to an aromatic ring is 1. The summed E-state index contributed by atoms with van der Waals surface area (Å²) >= 11 is 0. The zero-order chi connectivity index (χ0) is 14.8. The highest BCUT2D eigenvalue weighted by molar-refractivity contribution is 6.04. The van der Waals surface area contributed by atoms with Crippen LogP contribution >= 0.6 is 0 Å². The molecule has 3 aromatic rings. The Hall–Kier alpha value is -2.75. The Bertz CT molecular complexity index is 779. The first-order valence-electron chi connectivity index (χ1n) is 6.77. The van der Waals surface area contributed by atoms with Gasteiger partial charge >= 0.3 is 0 Å². The number of benzene rings is 2. The van der Waals surface area contributed by atoms with Gasteiger partial charge in [0.1, 0.15) is 5.76 Å². The summed E-state index contributed by atoms with van der Waals surface area (Å²) in [6.45, 7) is 1.87. The molecule has 0 aliphatic heterocycles. The molecule has 0 radical (unpaired) electrons. The van der Waals surface area contributed by atoms with Gasteiger partial charge < -0.3 is 15.5 Å². The van der Waals surface area contributed by atoms with Crippen molar-refractivity contribution >= 4 is 22.4 Å². The number of amides is 1. The summed E-state index contributed by atoms with van der Waals surface area (Å²) < 4.78 is 5.29. The predicted molar refractivity (Wildman–Crippen MR) is 82.9 cm³/mol. The van der Waals surface area contributed by atoms with Gasteiger partial charge in [0.2, 0.25) is 0 Å². The van der Waals surface area contributed by atoms with E-state index in [9.17, 15) is 4.79 Å². The first kappa shape index (κ1) is 13.2. The molecule has 0 saturated carbocycles. The van der Waals surface area contributed by atoms with Crippen LogP contribution in [0, 0.1) is 0 Å². The number of hydrogen-bond acceptors (Lipinski definition) is 3. The fourth-order valence-corrected chi connectivity index (χ4v) is 2.34. The summed E-state index contributed by atoms with van der Waals surface area (Å²) in [5, 5.41) is 4.90. The van der Waals surface area contributed by atoms with Gasteiger partial charge in [0.25, 0.3) is 5.91 Å². The molecule has 3 rings (SSSR count). The number of nitrogens with two attached hydrogens (primary N) is 1. The molecule has 0 spiro atoms. The molecule has 3 N–H and O–H groups in total. The van der Waals surface area contributed by atoms with Crippen LogP contribution in [-0.4, -0.2) is 5.91 Å². The van der Waals surface area contributed by atoms with Crippen LogP contribution in [0.2, 0.25) is 0 Å². The zero-order valence-electron chi connectivity index (χ0n) is 11.7. The van der Waals surface area contributed by atoms with Crippen LogP contribution in [0.3, 0.4) is 0 Å². The molecule has 0 bridgehead atoms. The lowest BCUT2D eigenvalue weighted by atomic mass is 10.0. The molecule has 21 heavy (non-hydrogen) atoms. The quantitative estimate of drug-likeness (QED) is 0.721. The van der Waals surface area contributed by atoms with E-state index in [0.29, 0.717) is 17.0 Å². The topological polar surface area (TPSA) is 68.3 Å². The number of furan rings is 1. The minimum absolute atomic E-state index is 0.206. The molecule has 2 aromatic carbocycles. The van der Waals surface area contributed by atoms with Gasteiger partial charge in [-0.1, -0.05) is 24.3 Å². The van der Waals surface area contributed by atoms with Crippen LogP contribution in [0.4, 0.5) is 5.69 Å². The Morgan fingerprint density at radius 1 is 1.14 bits per heavy atom. The molecule has 0 unspecified atom stereocenters. The van der Waals surface area contributed by atoms with Gasteiger partial charge in [0.05, 0.1) is 17.9 Å². The summed E-state index contributed by atoms with van der Waals surface area (Å²) in [6.07, 6.45) is 1.59. The molecule has 0 saturated heterocycles. The molecule has 0 aliphatic carbocycles. The third kappa shape index (κ3) is 2.60. The average Bonchev–Trinajstić information content (AvgIpc) is 3.00. The van der Waals surface area contributed by atoms with Crippen molar-refractivity contribution in [3.63, 3.8) is 0 Å². The van der Waals surface area contributed by atoms with Crippen LogP contribution in [0.15, 0.2) is 59.2 Å². The number of nitrogens with one attached hydrogen (secondary N) is 1. The van der Waals surface area contributed by atoms with Crippen LogP contribution in [-0.2, 0) is 0 Å². The van der Waals surface area contributed by atoms with Crippen molar-refractivity contribution in [2.45, 2.75) is 13.0 Å². The van der Waals surface area contributed by atoms with E-state index in [1.165, 1.54) is 0 Å². The maximum absolute atomic E-state index is 12.4. The number of rotatable bonds is 3. The highest BCUT2D eigenvalue weighted by Gasteiger charge is 2.16. The summed E-state index contributed by atoms with van der Waals surface area (Å²) in [5.41, 5.74) is 6.95. The van der Waals surface area contributed by atoms with Gasteiger partial charge in [-0.2, -0.15) is 0 Å². The average molecular weight is 280 g/mol. The summed E-state index contributed by atoms with van der Waals surface area (Å²) in [4.78, 5) is 12.4. The normalized spacial score (nSPS) is 12.2. The molecule has 4 heteroatoms. The number of carbonyl (C=O) groups is 1. The Morgan fingerprint density at radius 2 is 1.86 bits per heavy atom. The summed E-state index contributed by atoms with van der Waals surface area (Å²) in [6, 6.07) is 14.9. The SMILES string of the molecule is C[C@@H](NC(=O)c1cc2ccccc2cc1N)c1ccco1. The second-order valence-electron chi connectivity index (χ2n) is 5.00. The summed E-state index contributed by atoms with van der Waals surface area (Å²) in [7, 11) is 0. The largest absolute Gasteiger partial charge is 0.467 e. The van der Waals surface area contributed by atoms with Crippen molar-refractivity contribution < 1.29 is 9.21 Å². The van der Waals surface area contributed by atoms with E-state index in [2.05, 4.69) is 5.32 Å². The van der Waals surface area contributed by atoms with Crippen molar-refractivity contribution in [2.24, 2.45) is 0 Å². The number of hydrogen-bond donors (Lipinski definition) is 2. The Labute approximate surface area is 122 Å². The number of anilines is 1. The van der Waals surface area contributed by atoms with Crippen LogP contribution < -0.4 is 11.1 Å². The van der Waals surface area contributed by atoms with Crippen LogP contribution in [0.25, 0.3) is 10.8 Å². The smallest absolute Gasteiger partial charge is 0.253 e. The molecule has 0 aliphatic rings. The summed E-state index contributed by atoms with van der Waals surface area (Å²) in [5.74, 6) is 0.505. The molecule has 4 nitrogen and oxygen atoms in total. The molecular formula is C17H16N2O2. The standard InChI is InChI=1S/C17H16N2O2/c1-11(16-7-4-8-21-16)19-17(20)14-9-12-5-2-3-6-13(12)10-15(14)18/h2-11H,18H2,1H3,(H,19,20)/t11-/m1/s1. The Balaban J connectivity index is 1.89. The molecule has 1 aromatic heterocycles. The van der Waals surface area contributed by atoms with E-state index >= 15 is 0 Å². The molecule has 0 fully saturated rings. The van der Waals surface area contributed by atoms with Crippen LogP contribution in [0.5, 0.6) is 0 Å². The first-order chi connectivity index (χ1) is 10.1. The van der Waals surface area contributed by atoms with E-state index in [1.54, 1.807) is 12.3 Å². The van der Waals surface area contributed by atoms with Gasteiger partial charge in [-0.15, -0.1) is 0 Å². The van der Waals surface area contributed by atoms with Crippen molar-refractivity contribution in [1.29, 1.82) is 0 Å². The Morgan fingerprint density at radius 3 is 2.52 bits per heavy atom. The van der Waals surface area contributed by atoms with Gasteiger partial charge in [0, 0.05) is 5.69 Å². The lowest BCUT2D eigenvalue weighted by Gasteiger charge is -2.13. The van der Waals surface area contributed by atoms with Gasteiger partial charge in [0.15, 0.2) is 0 Å². The maximum atomic E-state index is 12.4.